The van der Waals surface area contributed by atoms with E-state index < -0.39 is 5.60 Å². The first-order chi connectivity index (χ1) is 15.0. The standard InChI is InChI=1S/C21H26N4O5S/c1-14-3-4-16-15(11-14)19(27)25(13-21(30-16)6-9-29-10-7-21)12-17(26)22-20-24-23-18(31-20)5-8-28-2/h3-4,11H,5-10,12-13H2,1-2H3,(H,22,24,26). The van der Waals surface area contributed by atoms with E-state index in [1.54, 1.807) is 12.0 Å². The SMILES string of the molecule is COCCc1nnc(NC(=O)CN2CC3(CCOCC3)Oc3ccc(C)cc3C2=O)s1. The van der Waals surface area contributed by atoms with Crippen molar-refractivity contribution < 1.29 is 23.8 Å². The molecule has 1 aromatic carbocycles. The van der Waals surface area contributed by atoms with E-state index in [1.807, 2.05) is 25.1 Å². The molecule has 0 atom stereocenters. The van der Waals surface area contributed by atoms with Crippen molar-refractivity contribution in [2.45, 2.75) is 31.8 Å². The van der Waals surface area contributed by atoms with Crippen molar-refractivity contribution in [3.8, 4) is 5.75 Å². The third kappa shape index (κ3) is 5.03. The number of hydrogen-bond donors (Lipinski definition) is 1. The molecular weight excluding hydrogens is 420 g/mol. The molecule has 10 heteroatoms. The molecule has 0 unspecified atom stereocenters. The average molecular weight is 447 g/mol. The third-order valence-corrected chi connectivity index (χ3v) is 6.33. The number of aryl methyl sites for hydroxylation is 1. The molecule has 31 heavy (non-hydrogen) atoms. The summed E-state index contributed by atoms with van der Waals surface area (Å²) in [7, 11) is 1.62. The molecule has 3 heterocycles. The first-order valence-corrected chi connectivity index (χ1v) is 11.1. The summed E-state index contributed by atoms with van der Waals surface area (Å²) in [6.45, 7) is 3.82. The summed E-state index contributed by atoms with van der Waals surface area (Å²) < 4.78 is 16.9. The normalized spacial score (nSPS) is 17.7. The van der Waals surface area contributed by atoms with Crippen LogP contribution in [0.1, 0.15) is 33.8 Å². The number of carbonyl (C=O) groups is 2. The number of anilines is 1. The first-order valence-electron chi connectivity index (χ1n) is 10.3. The Morgan fingerprint density at radius 3 is 2.90 bits per heavy atom. The van der Waals surface area contributed by atoms with Crippen molar-refractivity contribution in [2.24, 2.45) is 0 Å². The molecule has 0 bridgehead atoms. The molecule has 4 rings (SSSR count). The highest BCUT2D eigenvalue weighted by Crippen LogP contribution is 2.35. The Morgan fingerprint density at radius 2 is 2.13 bits per heavy atom. The van der Waals surface area contributed by atoms with E-state index in [0.717, 1.165) is 10.6 Å². The Hall–Kier alpha value is -2.56. The van der Waals surface area contributed by atoms with Crippen LogP contribution >= 0.6 is 11.3 Å². The van der Waals surface area contributed by atoms with Crippen LogP contribution in [0.25, 0.3) is 0 Å². The quantitative estimate of drug-likeness (QED) is 0.724. The molecule has 2 amide bonds. The van der Waals surface area contributed by atoms with E-state index in [0.29, 0.717) is 62.1 Å². The van der Waals surface area contributed by atoms with Gasteiger partial charge in [-0.25, -0.2) is 0 Å². The van der Waals surface area contributed by atoms with Gasteiger partial charge in [0.2, 0.25) is 11.0 Å². The Balaban J connectivity index is 1.52. The Kier molecular flexibility index (Phi) is 6.49. The molecule has 0 saturated carbocycles. The van der Waals surface area contributed by atoms with Crippen molar-refractivity contribution in [2.75, 3.05) is 45.3 Å². The summed E-state index contributed by atoms with van der Waals surface area (Å²) in [5, 5.41) is 12.0. The minimum absolute atomic E-state index is 0.0921. The zero-order valence-corrected chi connectivity index (χ0v) is 18.5. The van der Waals surface area contributed by atoms with Gasteiger partial charge >= 0.3 is 0 Å². The van der Waals surface area contributed by atoms with Crippen LogP contribution in [0.2, 0.25) is 0 Å². The van der Waals surface area contributed by atoms with Gasteiger partial charge in [0.15, 0.2) is 0 Å². The number of fused-ring (bicyclic) bond motifs is 1. The molecule has 1 N–H and O–H groups in total. The number of nitrogens with one attached hydrogen (secondary N) is 1. The van der Waals surface area contributed by atoms with Crippen LogP contribution in [-0.2, 0) is 20.7 Å². The molecule has 2 aliphatic heterocycles. The highest BCUT2D eigenvalue weighted by Gasteiger charge is 2.42. The number of amides is 2. The predicted molar refractivity (Wildman–Crippen MR) is 115 cm³/mol. The summed E-state index contributed by atoms with van der Waals surface area (Å²) in [5.74, 6) is 0.0312. The maximum absolute atomic E-state index is 13.3. The second kappa shape index (κ2) is 9.29. The van der Waals surface area contributed by atoms with Gasteiger partial charge in [0, 0.05) is 26.4 Å². The lowest BCUT2D eigenvalue weighted by Crippen LogP contribution is -2.52. The smallest absolute Gasteiger partial charge is 0.258 e. The molecular formula is C21H26N4O5S. The number of ether oxygens (including phenoxy) is 3. The molecule has 0 radical (unpaired) electrons. The van der Waals surface area contributed by atoms with E-state index in [2.05, 4.69) is 15.5 Å². The number of hydrogen-bond acceptors (Lipinski definition) is 8. The van der Waals surface area contributed by atoms with Crippen LogP contribution in [0.15, 0.2) is 18.2 Å². The van der Waals surface area contributed by atoms with Crippen molar-refractivity contribution in [3.63, 3.8) is 0 Å². The van der Waals surface area contributed by atoms with Crippen LogP contribution in [0.5, 0.6) is 5.75 Å². The van der Waals surface area contributed by atoms with E-state index in [1.165, 1.54) is 11.3 Å². The molecule has 0 aliphatic carbocycles. The van der Waals surface area contributed by atoms with Gasteiger partial charge in [-0.2, -0.15) is 0 Å². The highest BCUT2D eigenvalue weighted by molar-refractivity contribution is 7.15. The summed E-state index contributed by atoms with van der Waals surface area (Å²) >= 11 is 1.30. The molecule has 1 aromatic heterocycles. The molecule has 1 saturated heterocycles. The van der Waals surface area contributed by atoms with Crippen molar-refractivity contribution >= 4 is 28.3 Å². The Labute approximate surface area is 184 Å². The number of carbonyl (C=O) groups excluding carboxylic acids is 2. The van der Waals surface area contributed by atoms with Gasteiger partial charge in [0.25, 0.3) is 5.91 Å². The second-order valence-corrected chi connectivity index (χ2v) is 8.91. The lowest BCUT2D eigenvalue weighted by molar-refractivity contribution is -0.117. The molecule has 1 spiro atoms. The number of benzene rings is 1. The summed E-state index contributed by atoms with van der Waals surface area (Å²) in [6.07, 6.45) is 1.95. The topological polar surface area (TPSA) is 103 Å². The molecule has 2 aromatic rings. The highest BCUT2D eigenvalue weighted by atomic mass is 32.1. The minimum atomic E-state index is -0.565. The summed E-state index contributed by atoms with van der Waals surface area (Å²) in [6, 6.07) is 5.58. The van der Waals surface area contributed by atoms with Crippen LogP contribution in [-0.4, -0.2) is 72.5 Å². The summed E-state index contributed by atoms with van der Waals surface area (Å²) in [5.41, 5.74) is 0.875. The fraction of sp³-hybridized carbons (Fsp3) is 0.524. The van der Waals surface area contributed by atoms with Crippen LogP contribution in [0.3, 0.4) is 0 Å². The van der Waals surface area contributed by atoms with E-state index in [9.17, 15) is 9.59 Å². The monoisotopic (exact) mass is 446 g/mol. The zero-order chi connectivity index (χ0) is 21.8. The van der Waals surface area contributed by atoms with Gasteiger partial charge in [-0.3, -0.25) is 14.9 Å². The van der Waals surface area contributed by atoms with Crippen LogP contribution in [0, 0.1) is 6.92 Å². The van der Waals surface area contributed by atoms with E-state index >= 15 is 0 Å². The van der Waals surface area contributed by atoms with Gasteiger partial charge in [0.1, 0.15) is 22.9 Å². The van der Waals surface area contributed by atoms with Gasteiger partial charge in [-0.05, 0) is 19.1 Å². The van der Waals surface area contributed by atoms with Crippen molar-refractivity contribution in [3.05, 3.63) is 34.3 Å². The Morgan fingerprint density at radius 1 is 1.32 bits per heavy atom. The van der Waals surface area contributed by atoms with Gasteiger partial charge in [-0.1, -0.05) is 23.0 Å². The van der Waals surface area contributed by atoms with E-state index in [4.69, 9.17) is 14.2 Å². The minimum Gasteiger partial charge on any atom is -0.484 e. The average Bonchev–Trinajstić information content (AvgIpc) is 3.16. The maximum atomic E-state index is 13.3. The molecule has 1 fully saturated rings. The van der Waals surface area contributed by atoms with Crippen LogP contribution in [0.4, 0.5) is 5.13 Å². The van der Waals surface area contributed by atoms with Crippen molar-refractivity contribution in [1.82, 2.24) is 15.1 Å². The maximum Gasteiger partial charge on any atom is 0.258 e. The van der Waals surface area contributed by atoms with Gasteiger partial charge < -0.3 is 19.1 Å². The molecule has 166 valence electrons. The number of aromatic nitrogens is 2. The Bertz CT molecular complexity index is 957. The summed E-state index contributed by atoms with van der Waals surface area (Å²) in [4.78, 5) is 27.6. The predicted octanol–water partition coefficient (Wildman–Crippen LogP) is 2.06. The number of nitrogens with zero attached hydrogens (tertiary/aromatic N) is 3. The van der Waals surface area contributed by atoms with Gasteiger partial charge in [0.05, 0.1) is 31.9 Å². The zero-order valence-electron chi connectivity index (χ0n) is 17.7. The number of methoxy groups -OCH3 is 1. The first kappa shape index (κ1) is 21.7. The molecule has 9 nitrogen and oxygen atoms in total. The second-order valence-electron chi connectivity index (χ2n) is 7.85. The lowest BCUT2D eigenvalue weighted by atomic mass is 9.93. The number of rotatable bonds is 6. The molecule has 2 aliphatic rings. The fourth-order valence-electron chi connectivity index (χ4n) is 3.81. The van der Waals surface area contributed by atoms with E-state index in [-0.39, 0.29) is 18.4 Å². The van der Waals surface area contributed by atoms with Crippen LogP contribution < -0.4 is 10.1 Å². The largest absolute Gasteiger partial charge is 0.484 e. The van der Waals surface area contributed by atoms with Crippen molar-refractivity contribution in [1.29, 1.82) is 0 Å². The third-order valence-electron chi connectivity index (χ3n) is 5.43. The lowest BCUT2D eigenvalue weighted by Gasteiger charge is -2.38. The fourth-order valence-corrected chi connectivity index (χ4v) is 4.55. The van der Waals surface area contributed by atoms with Gasteiger partial charge in [-0.15, -0.1) is 10.2 Å².